The Hall–Kier alpha value is -3.52. The number of aryl methyl sites for hydroxylation is 1. The number of nitrogen functional groups attached to an aromatic ring is 1. The summed E-state index contributed by atoms with van der Waals surface area (Å²) in [7, 11) is 0. The molecule has 4 aromatic heterocycles. The van der Waals surface area contributed by atoms with E-state index in [9.17, 15) is 8.78 Å². The van der Waals surface area contributed by atoms with Gasteiger partial charge in [0.2, 0.25) is 5.62 Å². The zero-order valence-corrected chi connectivity index (χ0v) is 20.8. The van der Waals surface area contributed by atoms with Gasteiger partial charge in [-0.05, 0) is 38.5 Å². The van der Waals surface area contributed by atoms with Gasteiger partial charge in [0.1, 0.15) is 22.9 Å². The predicted octanol–water partition coefficient (Wildman–Crippen LogP) is 2.63. The van der Waals surface area contributed by atoms with Gasteiger partial charge < -0.3 is 15.0 Å². The van der Waals surface area contributed by atoms with Crippen LogP contribution in [0.1, 0.15) is 20.5 Å². The SMILES string of the molecule is [2H]c1cc(-c2ccc3nc(C)n(CC(F)F)c3n2)c2c(N)nc(=N[C@@H]3CCN(C4(C)COC4)CC3(F)F)[nH]n12. The number of aromatic nitrogens is 6. The Morgan fingerprint density at radius 3 is 2.74 bits per heavy atom. The highest BCUT2D eigenvalue weighted by Crippen LogP contribution is 2.36. The Morgan fingerprint density at radius 1 is 1.26 bits per heavy atom. The third-order valence-electron chi connectivity index (χ3n) is 7.31. The lowest BCUT2D eigenvalue weighted by Crippen LogP contribution is -2.66. The van der Waals surface area contributed by atoms with Gasteiger partial charge in [-0.2, -0.15) is 4.98 Å². The molecule has 2 fully saturated rings. The third kappa shape index (κ3) is 4.11. The maximum Gasteiger partial charge on any atom is 0.282 e. The van der Waals surface area contributed by atoms with Crippen molar-refractivity contribution >= 4 is 22.5 Å². The second kappa shape index (κ2) is 8.76. The molecule has 0 aliphatic carbocycles. The number of alkyl halides is 4. The average Bonchev–Trinajstić information content (AvgIpc) is 3.34. The van der Waals surface area contributed by atoms with Crippen LogP contribution >= 0.6 is 0 Å². The number of imidazole rings is 1. The molecule has 4 aromatic rings. The number of halogens is 4. The maximum atomic E-state index is 15.1. The van der Waals surface area contributed by atoms with E-state index in [-0.39, 0.29) is 29.7 Å². The van der Waals surface area contributed by atoms with Crippen molar-refractivity contribution in [2.45, 2.75) is 50.7 Å². The van der Waals surface area contributed by atoms with E-state index in [2.05, 4.69) is 25.0 Å². The van der Waals surface area contributed by atoms with Crippen molar-refractivity contribution in [3.8, 4) is 11.3 Å². The highest BCUT2D eigenvalue weighted by atomic mass is 19.3. The fourth-order valence-corrected chi connectivity index (χ4v) is 5.17. The van der Waals surface area contributed by atoms with Crippen molar-refractivity contribution in [1.29, 1.82) is 0 Å². The smallest absolute Gasteiger partial charge is 0.282 e. The molecule has 6 rings (SSSR count). The van der Waals surface area contributed by atoms with Gasteiger partial charge in [-0.1, -0.05) is 0 Å². The molecule has 2 saturated heterocycles. The summed E-state index contributed by atoms with van der Waals surface area (Å²) in [4.78, 5) is 19.0. The van der Waals surface area contributed by atoms with Gasteiger partial charge in [0.05, 0.1) is 38.9 Å². The first-order valence-electron chi connectivity index (χ1n) is 12.7. The van der Waals surface area contributed by atoms with Crippen molar-refractivity contribution < 1.29 is 23.7 Å². The van der Waals surface area contributed by atoms with E-state index in [0.29, 0.717) is 47.9 Å². The van der Waals surface area contributed by atoms with E-state index in [4.69, 9.17) is 11.8 Å². The largest absolute Gasteiger partial charge is 0.382 e. The zero-order chi connectivity index (χ0) is 27.7. The number of nitrogens with zero attached hydrogens (tertiary/aromatic N) is 7. The summed E-state index contributed by atoms with van der Waals surface area (Å²) in [6, 6.07) is 3.47. The average molecular weight is 535 g/mol. The molecule has 0 unspecified atom stereocenters. The minimum absolute atomic E-state index is 0.0378. The number of nitrogens with two attached hydrogens (primary N) is 1. The first-order chi connectivity index (χ1) is 18.4. The fraction of sp³-hybridized carbons (Fsp3) is 0.500. The Labute approximate surface area is 215 Å². The predicted molar refractivity (Wildman–Crippen MR) is 131 cm³/mol. The van der Waals surface area contributed by atoms with Crippen molar-refractivity contribution in [1.82, 2.24) is 34.0 Å². The van der Waals surface area contributed by atoms with Gasteiger partial charge >= 0.3 is 0 Å². The molecule has 38 heavy (non-hydrogen) atoms. The lowest BCUT2D eigenvalue weighted by atomic mass is 9.91. The number of rotatable bonds is 5. The second-order valence-corrected chi connectivity index (χ2v) is 10.1. The van der Waals surface area contributed by atoms with Crippen LogP contribution in [0.5, 0.6) is 0 Å². The minimum atomic E-state index is -3.10. The first kappa shape index (κ1) is 23.6. The highest BCUT2D eigenvalue weighted by Gasteiger charge is 2.51. The number of piperidine rings is 1. The Bertz CT molecular complexity index is 1640. The molecule has 202 valence electrons. The minimum Gasteiger partial charge on any atom is -0.382 e. The topological polar surface area (TPSA) is 115 Å². The van der Waals surface area contributed by atoms with E-state index >= 15 is 8.78 Å². The summed E-state index contributed by atoms with van der Waals surface area (Å²) < 4.78 is 72.8. The molecule has 0 aromatic carbocycles. The zero-order valence-electron chi connectivity index (χ0n) is 21.8. The molecule has 2 aliphatic rings. The molecular weight excluding hydrogens is 506 g/mol. The molecule has 0 spiro atoms. The van der Waals surface area contributed by atoms with Crippen molar-refractivity contribution in [3.63, 3.8) is 0 Å². The van der Waals surface area contributed by atoms with Crippen LogP contribution in [-0.4, -0.2) is 84.3 Å². The molecule has 10 nitrogen and oxygen atoms in total. The van der Waals surface area contributed by atoms with E-state index < -0.39 is 37.0 Å². The van der Waals surface area contributed by atoms with Gasteiger partial charge in [-0.3, -0.25) is 14.5 Å². The summed E-state index contributed by atoms with van der Waals surface area (Å²) in [5.41, 5.74) is 7.54. The summed E-state index contributed by atoms with van der Waals surface area (Å²) in [5, 5.41) is 2.81. The lowest BCUT2D eigenvalue weighted by Gasteiger charge is -2.51. The molecule has 14 heteroatoms. The third-order valence-corrected chi connectivity index (χ3v) is 7.31. The number of H-pyrrole nitrogens is 1. The van der Waals surface area contributed by atoms with Crippen LogP contribution in [0.15, 0.2) is 29.4 Å². The first-order valence-corrected chi connectivity index (χ1v) is 12.2. The summed E-state index contributed by atoms with van der Waals surface area (Å²) >= 11 is 0. The molecule has 0 saturated carbocycles. The fourth-order valence-electron chi connectivity index (χ4n) is 5.17. The molecule has 1 atom stereocenters. The van der Waals surface area contributed by atoms with E-state index in [1.165, 1.54) is 15.1 Å². The number of likely N-dealkylation sites (tertiary alicyclic amines) is 1. The highest BCUT2D eigenvalue weighted by molar-refractivity contribution is 5.88. The van der Waals surface area contributed by atoms with Crippen LogP contribution in [-0.2, 0) is 11.3 Å². The number of ether oxygens (including phenoxy) is 1. The molecular formula is C24H27F4N9O. The van der Waals surface area contributed by atoms with Crippen LogP contribution < -0.4 is 11.4 Å². The monoisotopic (exact) mass is 534 g/mol. The number of pyridine rings is 1. The summed E-state index contributed by atoms with van der Waals surface area (Å²) in [6.07, 6.45) is -2.51. The molecule has 0 radical (unpaired) electrons. The summed E-state index contributed by atoms with van der Waals surface area (Å²) in [6.45, 7) is 3.82. The van der Waals surface area contributed by atoms with Gasteiger partial charge in [-0.25, -0.2) is 32.5 Å². The molecule has 0 amide bonds. The van der Waals surface area contributed by atoms with Crippen LogP contribution in [0, 0.1) is 6.92 Å². The normalized spacial score (nSPS) is 22.3. The Kier molecular flexibility index (Phi) is 5.44. The van der Waals surface area contributed by atoms with E-state index in [1.807, 2.05) is 6.92 Å². The van der Waals surface area contributed by atoms with Crippen molar-refractivity contribution in [2.75, 3.05) is 32.0 Å². The number of hydrogen-bond acceptors (Lipinski definition) is 7. The second-order valence-electron chi connectivity index (χ2n) is 10.1. The van der Waals surface area contributed by atoms with E-state index in [1.54, 1.807) is 24.0 Å². The number of aromatic amines is 1. The van der Waals surface area contributed by atoms with Crippen LogP contribution in [0.4, 0.5) is 23.4 Å². The molecule has 6 heterocycles. The Morgan fingerprint density at radius 2 is 2.05 bits per heavy atom. The maximum absolute atomic E-state index is 15.1. The van der Waals surface area contributed by atoms with Gasteiger partial charge in [0, 0.05) is 18.3 Å². The van der Waals surface area contributed by atoms with Crippen LogP contribution in [0.25, 0.3) is 27.9 Å². The van der Waals surface area contributed by atoms with Gasteiger partial charge in [-0.15, -0.1) is 0 Å². The molecule has 2 aliphatic heterocycles. The quantitative estimate of drug-likeness (QED) is 0.381. The number of anilines is 1. The van der Waals surface area contributed by atoms with Crippen LogP contribution in [0.3, 0.4) is 0 Å². The van der Waals surface area contributed by atoms with Gasteiger partial charge in [0.15, 0.2) is 11.5 Å². The van der Waals surface area contributed by atoms with E-state index in [0.717, 1.165) is 0 Å². The number of hydrogen-bond donors (Lipinski definition) is 2. The summed E-state index contributed by atoms with van der Waals surface area (Å²) in [5.74, 6) is -2.74. The standard InChI is InChI=1S/C24H27F4N9O/c1-13-30-16-4-3-15(31-21(16)36(13)9-18(25)26)14-5-8-37-19(14)20(29)33-22(34-37)32-17-6-7-35(10-24(17,27)28)23(2)11-38-12-23/h3-5,8,17-18H,6-7,9-12H2,1-2H3,(H3,29,32,33,34)/t17-/m1/s1/i8D. The number of nitrogens with one attached hydrogen (secondary N) is 1. The van der Waals surface area contributed by atoms with Gasteiger partial charge in [0.25, 0.3) is 12.3 Å². The molecule has 3 N–H and O–H groups in total. The van der Waals surface area contributed by atoms with Crippen molar-refractivity contribution in [2.24, 2.45) is 4.99 Å². The molecule has 0 bridgehead atoms. The Balaban J connectivity index is 1.37. The van der Waals surface area contributed by atoms with Crippen molar-refractivity contribution in [3.05, 3.63) is 35.8 Å². The van der Waals surface area contributed by atoms with Crippen LogP contribution in [0.2, 0.25) is 0 Å². The lowest BCUT2D eigenvalue weighted by molar-refractivity contribution is -0.176. The number of fused-ring (bicyclic) bond motifs is 2.